The van der Waals surface area contributed by atoms with Crippen LogP contribution in [0.15, 0.2) is 24.3 Å². The first-order valence-electron chi connectivity index (χ1n) is 6.29. The molecule has 1 aromatic carbocycles. The van der Waals surface area contributed by atoms with Crippen LogP contribution in [0.3, 0.4) is 0 Å². The number of ether oxygens (including phenoxy) is 1. The van der Waals surface area contributed by atoms with E-state index in [-0.39, 0.29) is 0 Å². The van der Waals surface area contributed by atoms with Crippen LogP contribution in [0.1, 0.15) is 31.2 Å². The molecule has 90 valence electrons. The molecule has 2 bridgehead atoms. The number of nitrogens with two attached hydrogens (primary N) is 1. The van der Waals surface area contributed by atoms with Crippen molar-refractivity contribution in [1.82, 2.24) is 0 Å². The highest BCUT2D eigenvalue weighted by Gasteiger charge is 2.40. The van der Waals surface area contributed by atoms with Crippen molar-refractivity contribution < 1.29 is 4.74 Å². The Hall–Kier alpha value is -1.09. The Labute approximate surface area is 107 Å². The van der Waals surface area contributed by atoms with E-state index in [1.165, 1.54) is 25.7 Å². The highest BCUT2D eigenvalue weighted by molar-refractivity contribution is 7.80. The summed E-state index contributed by atoms with van der Waals surface area (Å²) in [5, 5.41) is 0. The lowest BCUT2D eigenvalue weighted by Gasteiger charge is -2.23. The molecule has 2 nitrogen and oxygen atoms in total. The lowest BCUT2D eigenvalue weighted by atomic mass is 9.98. The van der Waals surface area contributed by atoms with Crippen LogP contribution in [-0.2, 0) is 0 Å². The summed E-state index contributed by atoms with van der Waals surface area (Å²) in [5.74, 6) is 2.65. The Balaban J connectivity index is 1.67. The minimum Gasteiger partial charge on any atom is -0.490 e. The van der Waals surface area contributed by atoms with E-state index in [0.29, 0.717) is 11.1 Å². The van der Waals surface area contributed by atoms with Crippen LogP contribution in [0.5, 0.6) is 5.75 Å². The van der Waals surface area contributed by atoms with Gasteiger partial charge < -0.3 is 10.5 Å². The summed E-state index contributed by atoms with van der Waals surface area (Å²) in [6.45, 7) is 0. The molecule has 1 aromatic rings. The van der Waals surface area contributed by atoms with Crippen molar-refractivity contribution in [3.8, 4) is 5.75 Å². The van der Waals surface area contributed by atoms with Crippen molar-refractivity contribution in [3.63, 3.8) is 0 Å². The van der Waals surface area contributed by atoms with Crippen LogP contribution in [0.25, 0.3) is 0 Å². The largest absolute Gasteiger partial charge is 0.490 e. The topological polar surface area (TPSA) is 35.2 Å². The monoisotopic (exact) mass is 247 g/mol. The predicted molar refractivity (Wildman–Crippen MR) is 72.2 cm³/mol. The van der Waals surface area contributed by atoms with Crippen LogP contribution >= 0.6 is 12.2 Å². The third kappa shape index (κ3) is 2.16. The molecule has 3 heteroatoms. The van der Waals surface area contributed by atoms with Gasteiger partial charge in [0.05, 0.1) is 0 Å². The summed E-state index contributed by atoms with van der Waals surface area (Å²) in [4.78, 5) is 0.441. The van der Waals surface area contributed by atoms with Crippen LogP contribution in [0, 0.1) is 11.8 Å². The predicted octanol–water partition coefficient (Wildman–Crippen LogP) is 2.89. The van der Waals surface area contributed by atoms with Crippen LogP contribution < -0.4 is 10.5 Å². The van der Waals surface area contributed by atoms with Gasteiger partial charge in [0.25, 0.3) is 0 Å². The second-order valence-corrected chi connectivity index (χ2v) is 5.66. The van der Waals surface area contributed by atoms with Gasteiger partial charge in [0.15, 0.2) is 0 Å². The molecule has 2 fully saturated rings. The molecule has 2 saturated carbocycles. The zero-order valence-corrected chi connectivity index (χ0v) is 10.6. The van der Waals surface area contributed by atoms with Gasteiger partial charge in [-0.2, -0.15) is 0 Å². The van der Waals surface area contributed by atoms with E-state index in [9.17, 15) is 0 Å². The first-order chi connectivity index (χ1) is 8.22. The Kier molecular flexibility index (Phi) is 2.79. The molecule has 3 rings (SSSR count). The number of fused-ring (bicyclic) bond motifs is 2. The maximum Gasteiger partial charge on any atom is 0.119 e. The number of thiocarbonyl (C=S) groups is 1. The number of hydrogen-bond donors (Lipinski definition) is 1. The average Bonchev–Trinajstić information content (AvgIpc) is 2.91. The molecular weight excluding hydrogens is 230 g/mol. The molecule has 3 atom stereocenters. The van der Waals surface area contributed by atoms with E-state index < -0.39 is 0 Å². The van der Waals surface area contributed by atoms with E-state index in [4.69, 9.17) is 22.7 Å². The molecule has 2 N–H and O–H groups in total. The first-order valence-corrected chi connectivity index (χ1v) is 6.70. The van der Waals surface area contributed by atoms with E-state index in [1.807, 2.05) is 24.3 Å². The number of benzene rings is 1. The lowest BCUT2D eigenvalue weighted by molar-refractivity contribution is 0.138. The summed E-state index contributed by atoms with van der Waals surface area (Å²) in [6, 6.07) is 7.82. The SMILES string of the molecule is NC(=S)c1ccc(OC2CC3CCC2C3)cc1. The van der Waals surface area contributed by atoms with Crippen molar-refractivity contribution >= 4 is 17.2 Å². The number of hydrogen-bond acceptors (Lipinski definition) is 2. The standard InChI is InChI=1S/C14H17NOS/c15-14(17)10-3-5-12(6-4-10)16-13-8-9-1-2-11(13)7-9/h3-6,9,11,13H,1-2,7-8H2,(H2,15,17). The summed E-state index contributed by atoms with van der Waals surface area (Å²) >= 11 is 4.93. The van der Waals surface area contributed by atoms with Crippen LogP contribution in [-0.4, -0.2) is 11.1 Å². The summed E-state index contributed by atoms with van der Waals surface area (Å²) < 4.78 is 6.06. The molecule has 0 radical (unpaired) electrons. The van der Waals surface area contributed by atoms with Gasteiger partial charge in [-0.1, -0.05) is 12.2 Å². The maximum atomic E-state index is 6.06. The maximum absolute atomic E-state index is 6.06. The fraction of sp³-hybridized carbons (Fsp3) is 0.500. The second-order valence-electron chi connectivity index (χ2n) is 5.22. The summed E-state index contributed by atoms with van der Waals surface area (Å²) in [6.07, 6.45) is 5.80. The molecule has 3 unspecified atom stereocenters. The van der Waals surface area contributed by atoms with Gasteiger partial charge in [0.1, 0.15) is 16.8 Å². The van der Waals surface area contributed by atoms with E-state index >= 15 is 0 Å². The second kappa shape index (κ2) is 4.30. The molecule has 0 aliphatic heterocycles. The van der Waals surface area contributed by atoms with Crippen molar-refractivity contribution in [1.29, 1.82) is 0 Å². The van der Waals surface area contributed by atoms with Gasteiger partial charge in [0, 0.05) is 5.56 Å². The van der Waals surface area contributed by atoms with Crippen LogP contribution in [0.2, 0.25) is 0 Å². The zero-order valence-electron chi connectivity index (χ0n) is 9.76. The van der Waals surface area contributed by atoms with Crippen molar-refractivity contribution in [3.05, 3.63) is 29.8 Å². The first kappa shape index (κ1) is 11.0. The lowest BCUT2D eigenvalue weighted by Crippen LogP contribution is -2.23. The quantitative estimate of drug-likeness (QED) is 0.834. The molecule has 2 aliphatic rings. The summed E-state index contributed by atoms with van der Waals surface area (Å²) in [7, 11) is 0. The fourth-order valence-electron chi connectivity index (χ4n) is 3.20. The Morgan fingerprint density at radius 2 is 1.94 bits per heavy atom. The molecule has 0 amide bonds. The molecule has 0 spiro atoms. The summed E-state index contributed by atoms with van der Waals surface area (Å²) in [5.41, 5.74) is 6.47. The normalized spacial score (nSPS) is 30.5. The smallest absolute Gasteiger partial charge is 0.119 e. The molecule has 0 aromatic heterocycles. The van der Waals surface area contributed by atoms with Crippen molar-refractivity contribution in [2.24, 2.45) is 17.6 Å². The molecule has 2 aliphatic carbocycles. The average molecular weight is 247 g/mol. The van der Waals surface area contributed by atoms with E-state index in [2.05, 4.69) is 0 Å². The van der Waals surface area contributed by atoms with Gasteiger partial charge in [-0.15, -0.1) is 0 Å². The van der Waals surface area contributed by atoms with Gasteiger partial charge >= 0.3 is 0 Å². The fourth-order valence-corrected chi connectivity index (χ4v) is 3.34. The minimum atomic E-state index is 0.435. The van der Waals surface area contributed by atoms with Gasteiger partial charge in [-0.05, 0) is 61.8 Å². The molecule has 0 saturated heterocycles. The van der Waals surface area contributed by atoms with Gasteiger partial charge in [-0.25, -0.2) is 0 Å². The molecule has 17 heavy (non-hydrogen) atoms. The van der Waals surface area contributed by atoms with Crippen molar-refractivity contribution in [2.45, 2.75) is 31.8 Å². The highest BCUT2D eigenvalue weighted by Crippen LogP contribution is 2.45. The minimum absolute atomic E-state index is 0.435. The Morgan fingerprint density at radius 1 is 1.18 bits per heavy atom. The Morgan fingerprint density at radius 3 is 2.47 bits per heavy atom. The third-order valence-electron chi connectivity index (χ3n) is 4.10. The van der Waals surface area contributed by atoms with Crippen molar-refractivity contribution in [2.75, 3.05) is 0 Å². The van der Waals surface area contributed by atoms with Gasteiger partial charge in [0.2, 0.25) is 0 Å². The third-order valence-corrected chi connectivity index (χ3v) is 4.34. The molecular formula is C14H17NOS. The van der Waals surface area contributed by atoms with E-state index in [0.717, 1.165) is 23.1 Å². The highest BCUT2D eigenvalue weighted by atomic mass is 32.1. The number of rotatable bonds is 3. The molecule has 0 heterocycles. The van der Waals surface area contributed by atoms with Gasteiger partial charge in [-0.3, -0.25) is 0 Å². The van der Waals surface area contributed by atoms with Crippen LogP contribution in [0.4, 0.5) is 0 Å². The van der Waals surface area contributed by atoms with E-state index in [1.54, 1.807) is 0 Å². The zero-order chi connectivity index (χ0) is 11.8. The Bertz CT molecular complexity index is 428.